The van der Waals surface area contributed by atoms with Crippen molar-refractivity contribution in [2.75, 3.05) is 21.3 Å². The lowest BCUT2D eigenvalue weighted by molar-refractivity contribution is -0.282. The van der Waals surface area contributed by atoms with Crippen molar-refractivity contribution in [2.45, 2.75) is 30.5 Å². The Balaban J connectivity index is 5.16. The summed E-state index contributed by atoms with van der Waals surface area (Å²) >= 11 is 0. The summed E-state index contributed by atoms with van der Waals surface area (Å²) in [6.07, 6.45) is -1.13. The Hall–Kier alpha value is -1.00. The quantitative estimate of drug-likeness (QED) is 0.321. The third-order valence-corrected chi connectivity index (χ3v) is 3.48. The van der Waals surface area contributed by atoms with Gasteiger partial charge in [-0.1, -0.05) is 0 Å². The number of nitrogens with one attached hydrogen (secondary N) is 1. The molecule has 8 nitrogen and oxygen atoms in total. The number of carboxylic acids is 2. The van der Waals surface area contributed by atoms with Crippen molar-refractivity contribution in [3.8, 4) is 0 Å². The van der Waals surface area contributed by atoms with Crippen LogP contribution in [0.25, 0.3) is 0 Å². The molecule has 0 amide bonds. The van der Waals surface area contributed by atoms with Gasteiger partial charge >= 0.3 is 11.9 Å². The van der Waals surface area contributed by atoms with Crippen LogP contribution < -0.4 is 5.32 Å². The minimum absolute atomic E-state index is 0.537. The number of aliphatic carboxylic acids is 2. The van der Waals surface area contributed by atoms with Gasteiger partial charge in [0.2, 0.25) is 0 Å². The molecule has 0 rings (SSSR count). The Morgan fingerprint density at radius 3 is 2.05 bits per heavy atom. The summed E-state index contributed by atoms with van der Waals surface area (Å²) in [4.78, 5) is 21.8. The Bertz CT molecular complexity index is 304. The Morgan fingerprint density at radius 2 is 1.79 bits per heavy atom. The topological polar surface area (TPSA) is 114 Å². The molecule has 2 unspecified atom stereocenters. The third-order valence-electron chi connectivity index (χ3n) is 2.74. The molecule has 0 aliphatic heterocycles. The fraction of sp³-hybridized carbons (Fsp3) is 0.800. The summed E-state index contributed by atoms with van der Waals surface area (Å²) in [5.74, 6) is -4.03. The molecule has 0 aromatic carbocycles. The first kappa shape index (κ1) is 18.0. The second-order valence-corrected chi connectivity index (χ2v) is 4.66. The van der Waals surface area contributed by atoms with Crippen molar-refractivity contribution in [2.24, 2.45) is 0 Å². The molecule has 0 spiro atoms. The highest BCUT2D eigenvalue weighted by molar-refractivity contribution is 6.08. The fourth-order valence-corrected chi connectivity index (χ4v) is 2.64. The van der Waals surface area contributed by atoms with Gasteiger partial charge in [-0.15, -0.1) is 0 Å². The van der Waals surface area contributed by atoms with Gasteiger partial charge in [-0.25, -0.2) is 5.32 Å². The van der Waals surface area contributed by atoms with Crippen LogP contribution in [0.3, 0.4) is 0 Å². The zero-order valence-corrected chi connectivity index (χ0v) is 13.5. The first-order valence-corrected chi connectivity index (χ1v) is 7.13. The molecular formula is C10H21NO7Si. The third kappa shape index (κ3) is 4.88. The zero-order valence-electron chi connectivity index (χ0n) is 11.5. The summed E-state index contributed by atoms with van der Waals surface area (Å²) in [5, 5.41) is 20.3. The molecule has 0 saturated heterocycles. The molecule has 112 valence electrons. The largest absolute Gasteiger partial charge is 0.481 e. The van der Waals surface area contributed by atoms with Crippen molar-refractivity contribution < 1.29 is 34.0 Å². The second kappa shape index (κ2) is 8.22. The second-order valence-electron chi connectivity index (χ2n) is 3.84. The molecule has 0 bridgehead atoms. The number of hydrogen-bond donors (Lipinski definition) is 3. The Kier molecular flexibility index (Phi) is 7.79. The van der Waals surface area contributed by atoms with E-state index in [1.54, 1.807) is 0 Å². The molecule has 0 aliphatic carbocycles. The summed E-state index contributed by atoms with van der Waals surface area (Å²) < 4.78 is 15.6. The Morgan fingerprint density at radius 1 is 1.26 bits per heavy atom. The maximum absolute atomic E-state index is 11.1. The van der Waals surface area contributed by atoms with Crippen LogP contribution in [0.15, 0.2) is 0 Å². The number of ether oxygens (including phenoxy) is 3. The molecule has 9 heteroatoms. The number of rotatable bonds is 10. The normalized spacial score (nSPS) is 15.1. The van der Waals surface area contributed by atoms with Gasteiger partial charge in [-0.3, -0.25) is 9.59 Å². The molecule has 0 heterocycles. The van der Waals surface area contributed by atoms with Gasteiger partial charge in [0.25, 0.3) is 5.91 Å². The van der Waals surface area contributed by atoms with Gasteiger partial charge in [0.1, 0.15) is 12.1 Å². The van der Waals surface area contributed by atoms with Crippen molar-refractivity contribution in [1.29, 1.82) is 0 Å². The SMILES string of the molecule is COC(C[SiH3])C(NC(CC(=O)O)C(=O)O)(OC)OC. The summed E-state index contributed by atoms with van der Waals surface area (Å²) in [6.45, 7) is 0. The lowest BCUT2D eigenvalue weighted by Crippen LogP contribution is -2.62. The van der Waals surface area contributed by atoms with Crippen LogP contribution >= 0.6 is 0 Å². The molecule has 0 radical (unpaired) electrons. The smallest absolute Gasteiger partial charge is 0.321 e. The van der Waals surface area contributed by atoms with E-state index in [9.17, 15) is 9.59 Å². The van der Waals surface area contributed by atoms with Crippen molar-refractivity contribution >= 4 is 22.2 Å². The molecule has 2 atom stereocenters. The maximum atomic E-state index is 11.1. The molecule has 19 heavy (non-hydrogen) atoms. The fourth-order valence-electron chi connectivity index (χ4n) is 1.77. The van der Waals surface area contributed by atoms with E-state index in [1.165, 1.54) is 21.3 Å². The average Bonchev–Trinajstić information content (AvgIpc) is 2.36. The highest BCUT2D eigenvalue weighted by Gasteiger charge is 2.42. The number of carbonyl (C=O) groups is 2. The lowest BCUT2D eigenvalue weighted by atomic mass is 10.1. The minimum Gasteiger partial charge on any atom is -0.481 e. The van der Waals surface area contributed by atoms with Crippen LogP contribution in [-0.4, -0.2) is 71.8 Å². The van der Waals surface area contributed by atoms with Gasteiger partial charge < -0.3 is 24.4 Å². The van der Waals surface area contributed by atoms with Crippen LogP contribution in [0.2, 0.25) is 6.04 Å². The van der Waals surface area contributed by atoms with E-state index in [2.05, 4.69) is 5.32 Å². The predicted molar refractivity (Wildman–Crippen MR) is 69.1 cm³/mol. The van der Waals surface area contributed by atoms with Gasteiger partial charge in [0.15, 0.2) is 0 Å². The van der Waals surface area contributed by atoms with Gasteiger partial charge in [-0.05, 0) is 6.04 Å². The van der Waals surface area contributed by atoms with E-state index in [1.807, 2.05) is 0 Å². The van der Waals surface area contributed by atoms with Gasteiger partial charge in [0, 0.05) is 31.6 Å². The van der Waals surface area contributed by atoms with Gasteiger partial charge in [-0.2, -0.15) is 0 Å². The van der Waals surface area contributed by atoms with E-state index < -0.39 is 36.4 Å². The zero-order chi connectivity index (χ0) is 15.1. The maximum Gasteiger partial charge on any atom is 0.321 e. The average molecular weight is 295 g/mol. The molecule has 0 aromatic heterocycles. The van der Waals surface area contributed by atoms with E-state index in [4.69, 9.17) is 24.4 Å². The van der Waals surface area contributed by atoms with Crippen LogP contribution in [0, 0.1) is 0 Å². The molecule has 3 N–H and O–H groups in total. The van der Waals surface area contributed by atoms with Crippen LogP contribution in [0.1, 0.15) is 6.42 Å². The first-order valence-electron chi connectivity index (χ1n) is 5.72. The van der Waals surface area contributed by atoms with E-state index in [0.717, 1.165) is 10.2 Å². The van der Waals surface area contributed by atoms with Gasteiger partial charge in [0.05, 0.1) is 6.42 Å². The molecule has 0 saturated carbocycles. The number of hydrogen-bond acceptors (Lipinski definition) is 6. The van der Waals surface area contributed by atoms with Crippen LogP contribution in [0.5, 0.6) is 0 Å². The van der Waals surface area contributed by atoms with Crippen LogP contribution in [0.4, 0.5) is 0 Å². The predicted octanol–water partition coefficient (Wildman–Crippen LogP) is -1.75. The Labute approximate surface area is 114 Å². The minimum atomic E-state index is -1.49. The molecular weight excluding hydrogens is 274 g/mol. The van der Waals surface area contributed by atoms with Crippen molar-refractivity contribution in [3.63, 3.8) is 0 Å². The van der Waals surface area contributed by atoms with E-state index in [0.29, 0.717) is 6.04 Å². The van der Waals surface area contributed by atoms with Crippen LogP contribution in [-0.2, 0) is 23.8 Å². The summed E-state index contributed by atoms with van der Waals surface area (Å²) in [6, 6.07) is -0.729. The molecule has 0 aromatic rings. The standard InChI is InChI=1S/C10H21NO7Si/c1-16-7(5-19)10(17-2,18-3)11-6(9(14)15)4-8(12)13/h6-7,11H,4-5H2,1-3,19H3,(H,12,13)(H,14,15). The van der Waals surface area contributed by atoms with E-state index in [-0.39, 0.29) is 0 Å². The highest BCUT2D eigenvalue weighted by atomic mass is 28.1. The molecule has 0 fully saturated rings. The highest BCUT2D eigenvalue weighted by Crippen LogP contribution is 2.20. The number of methoxy groups -OCH3 is 3. The first-order chi connectivity index (χ1) is 8.86. The van der Waals surface area contributed by atoms with Crippen molar-refractivity contribution in [3.05, 3.63) is 0 Å². The molecule has 0 aliphatic rings. The summed E-state index contributed by atoms with van der Waals surface area (Å²) in [7, 11) is 4.89. The summed E-state index contributed by atoms with van der Waals surface area (Å²) in [5.41, 5.74) is 0. The lowest BCUT2D eigenvalue weighted by Gasteiger charge is -2.38. The van der Waals surface area contributed by atoms with Crippen molar-refractivity contribution in [1.82, 2.24) is 5.32 Å². The monoisotopic (exact) mass is 295 g/mol. The van der Waals surface area contributed by atoms with E-state index >= 15 is 0 Å². The number of carboxylic acid groups (broad SMARTS) is 2.